The van der Waals surface area contributed by atoms with Gasteiger partial charge in [0.2, 0.25) is 0 Å². The molecule has 120 valence electrons. The zero-order valence-electron chi connectivity index (χ0n) is 12.7. The summed E-state index contributed by atoms with van der Waals surface area (Å²) >= 11 is 0. The summed E-state index contributed by atoms with van der Waals surface area (Å²) in [4.78, 5) is 11.7. The molecule has 0 bridgehead atoms. The third-order valence-corrected chi connectivity index (χ3v) is 4.39. The van der Waals surface area contributed by atoms with Gasteiger partial charge in [0.15, 0.2) is 5.16 Å². The molecular weight excluding hydrogens is 314 g/mol. The third kappa shape index (κ3) is 3.94. The van der Waals surface area contributed by atoms with Crippen LogP contribution in [0, 0.1) is 0 Å². The second-order valence-electron chi connectivity index (χ2n) is 4.87. The minimum atomic E-state index is -1.29. The van der Waals surface area contributed by atoms with E-state index in [-0.39, 0.29) is 5.75 Å². The molecule has 2 aromatic heterocycles. The van der Waals surface area contributed by atoms with Crippen molar-refractivity contribution in [3.05, 3.63) is 48.3 Å². The number of fused-ring (bicyclic) bond motifs is 1. The van der Waals surface area contributed by atoms with Gasteiger partial charge in [0, 0.05) is 19.4 Å². The van der Waals surface area contributed by atoms with Gasteiger partial charge in [-0.3, -0.25) is 9.19 Å². The number of methoxy groups -OCH3 is 1. The van der Waals surface area contributed by atoms with Gasteiger partial charge >= 0.3 is 0 Å². The Bertz CT molecular complexity index is 786. The second kappa shape index (κ2) is 7.34. The number of rotatable bonds is 7. The van der Waals surface area contributed by atoms with Crippen LogP contribution < -0.4 is 4.74 Å². The lowest BCUT2D eigenvalue weighted by Crippen LogP contribution is -2.05. The summed E-state index contributed by atoms with van der Waals surface area (Å²) in [5.74, 6) is 0.968. The lowest BCUT2D eigenvalue weighted by atomic mass is 10.3. The van der Waals surface area contributed by atoms with Gasteiger partial charge in [0.05, 0.1) is 39.9 Å². The lowest BCUT2D eigenvalue weighted by Gasteiger charge is -2.06. The predicted molar refractivity (Wildman–Crippen MR) is 87.8 cm³/mol. The van der Waals surface area contributed by atoms with E-state index in [4.69, 9.17) is 9.47 Å². The van der Waals surface area contributed by atoms with Crippen LogP contribution >= 0.6 is 0 Å². The third-order valence-electron chi connectivity index (χ3n) is 3.21. The number of hydrogen-bond acceptors (Lipinski definition) is 5. The van der Waals surface area contributed by atoms with Crippen LogP contribution in [-0.4, -0.2) is 39.5 Å². The molecule has 1 N–H and O–H groups in total. The molecule has 0 amide bonds. The molecule has 1 aromatic carbocycles. The van der Waals surface area contributed by atoms with Crippen molar-refractivity contribution < 1.29 is 13.7 Å². The normalized spacial score (nSPS) is 12.4. The number of pyridine rings is 1. The maximum absolute atomic E-state index is 12.5. The first kappa shape index (κ1) is 15.6. The van der Waals surface area contributed by atoms with Gasteiger partial charge in [0.1, 0.15) is 12.4 Å². The van der Waals surface area contributed by atoms with Crippen LogP contribution in [0.3, 0.4) is 0 Å². The molecule has 0 fully saturated rings. The quantitative estimate of drug-likeness (QED) is 0.672. The molecule has 0 spiro atoms. The van der Waals surface area contributed by atoms with E-state index in [1.165, 1.54) is 0 Å². The average molecular weight is 331 g/mol. The van der Waals surface area contributed by atoms with E-state index in [0.717, 1.165) is 11.0 Å². The molecule has 0 radical (unpaired) electrons. The number of para-hydroxylation sites is 2. The largest absolute Gasteiger partial charge is 0.491 e. The monoisotopic (exact) mass is 331 g/mol. The summed E-state index contributed by atoms with van der Waals surface area (Å²) < 4.78 is 23.0. The fraction of sp³-hybridized carbons (Fsp3) is 0.250. The van der Waals surface area contributed by atoms with Crippen LogP contribution in [0.2, 0.25) is 0 Å². The first-order valence-electron chi connectivity index (χ1n) is 7.16. The van der Waals surface area contributed by atoms with E-state index in [2.05, 4.69) is 15.0 Å². The van der Waals surface area contributed by atoms with Crippen molar-refractivity contribution in [2.45, 2.75) is 10.9 Å². The number of aromatic nitrogens is 3. The summed E-state index contributed by atoms with van der Waals surface area (Å²) in [5, 5.41) is 0.457. The maximum atomic E-state index is 12.5. The van der Waals surface area contributed by atoms with E-state index in [1.54, 1.807) is 25.4 Å². The maximum Gasteiger partial charge on any atom is 0.197 e. The Kier molecular flexibility index (Phi) is 4.99. The number of nitrogens with one attached hydrogen (secondary N) is 1. The Hall–Kier alpha value is -2.25. The minimum absolute atomic E-state index is 0.279. The molecule has 2 heterocycles. The van der Waals surface area contributed by atoms with E-state index in [0.29, 0.717) is 29.8 Å². The van der Waals surface area contributed by atoms with Crippen LogP contribution in [0.4, 0.5) is 0 Å². The number of aromatic amines is 1. The van der Waals surface area contributed by atoms with Gasteiger partial charge < -0.3 is 14.5 Å². The highest BCUT2D eigenvalue weighted by Gasteiger charge is 2.12. The van der Waals surface area contributed by atoms with Gasteiger partial charge in [0.25, 0.3) is 0 Å². The molecule has 0 saturated heterocycles. The molecule has 3 aromatic rings. The van der Waals surface area contributed by atoms with E-state index in [1.807, 2.05) is 24.3 Å². The van der Waals surface area contributed by atoms with Gasteiger partial charge in [-0.1, -0.05) is 12.1 Å². The van der Waals surface area contributed by atoms with Crippen LogP contribution in [-0.2, 0) is 21.3 Å². The first-order valence-corrected chi connectivity index (χ1v) is 8.48. The van der Waals surface area contributed by atoms with Crippen LogP contribution in [0.5, 0.6) is 5.75 Å². The molecule has 6 nitrogen and oxygen atoms in total. The van der Waals surface area contributed by atoms with Crippen molar-refractivity contribution in [1.82, 2.24) is 15.0 Å². The number of ether oxygens (including phenoxy) is 2. The lowest BCUT2D eigenvalue weighted by molar-refractivity contribution is 0.146. The second-order valence-corrected chi connectivity index (χ2v) is 6.24. The SMILES string of the molecule is COCCOc1ccnc(CS(=O)c2nc3ccccc3[nH]2)c1. The summed E-state index contributed by atoms with van der Waals surface area (Å²) in [7, 11) is 0.331. The molecule has 3 rings (SSSR count). The van der Waals surface area contributed by atoms with E-state index in [9.17, 15) is 4.21 Å². The number of nitrogens with zero attached hydrogens (tertiary/aromatic N) is 2. The number of hydrogen-bond donors (Lipinski definition) is 1. The number of benzene rings is 1. The molecule has 0 aliphatic rings. The van der Waals surface area contributed by atoms with Gasteiger partial charge in [-0.2, -0.15) is 0 Å². The number of imidazole rings is 1. The van der Waals surface area contributed by atoms with Gasteiger partial charge in [-0.15, -0.1) is 0 Å². The first-order chi connectivity index (χ1) is 11.3. The fourth-order valence-electron chi connectivity index (χ4n) is 2.11. The Labute approximate surface area is 136 Å². The fourth-order valence-corrected chi connectivity index (χ4v) is 3.09. The van der Waals surface area contributed by atoms with Crippen LogP contribution in [0.1, 0.15) is 5.69 Å². The highest BCUT2D eigenvalue weighted by Crippen LogP contribution is 2.17. The van der Waals surface area contributed by atoms with Crippen molar-refractivity contribution in [3.8, 4) is 5.75 Å². The van der Waals surface area contributed by atoms with Crippen molar-refractivity contribution in [2.24, 2.45) is 0 Å². The zero-order chi connectivity index (χ0) is 16.1. The topological polar surface area (TPSA) is 77.1 Å². The molecule has 1 unspecified atom stereocenters. The summed E-state index contributed by atoms with van der Waals surface area (Å²) in [6.45, 7) is 0.981. The Morgan fingerprint density at radius 2 is 2.09 bits per heavy atom. The zero-order valence-corrected chi connectivity index (χ0v) is 13.5. The highest BCUT2D eigenvalue weighted by atomic mass is 32.2. The summed E-state index contributed by atoms with van der Waals surface area (Å²) in [6.07, 6.45) is 1.65. The predicted octanol–water partition coefficient (Wildman–Crippen LogP) is 2.29. The van der Waals surface area contributed by atoms with Crippen molar-refractivity contribution in [2.75, 3.05) is 20.3 Å². The highest BCUT2D eigenvalue weighted by molar-refractivity contribution is 7.84. The Balaban J connectivity index is 1.70. The Morgan fingerprint density at radius 1 is 1.22 bits per heavy atom. The molecular formula is C16H17N3O3S. The van der Waals surface area contributed by atoms with Gasteiger partial charge in [-0.25, -0.2) is 4.98 Å². The van der Waals surface area contributed by atoms with Crippen LogP contribution in [0.15, 0.2) is 47.8 Å². The van der Waals surface area contributed by atoms with E-state index >= 15 is 0 Å². The standard InChI is InChI=1S/C16H17N3O3S/c1-21-8-9-22-13-6-7-17-12(10-13)11-23(20)16-18-14-4-2-3-5-15(14)19-16/h2-7,10H,8-9,11H2,1H3,(H,18,19). The van der Waals surface area contributed by atoms with Crippen LogP contribution in [0.25, 0.3) is 11.0 Å². The Morgan fingerprint density at radius 3 is 2.91 bits per heavy atom. The average Bonchev–Trinajstić information content (AvgIpc) is 3.00. The number of H-pyrrole nitrogens is 1. The smallest absolute Gasteiger partial charge is 0.197 e. The molecule has 0 saturated carbocycles. The van der Waals surface area contributed by atoms with Crippen molar-refractivity contribution >= 4 is 21.8 Å². The van der Waals surface area contributed by atoms with Gasteiger partial charge in [-0.05, 0) is 18.2 Å². The molecule has 23 heavy (non-hydrogen) atoms. The summed E-state index contributed by atoms with van der Waals surface area (Å²) in [5.41, 5.74) is 2.37. The molecule has 0 aliphatic carbocycles. The molecule has 0 aliphatic heterocycles. The van der Waals surface area contributed by atoms with Crippen molar-refractivity contribution in [3.63, 3.8) is 0 Å². The van der Waals surface area contributed by atoms with Crippen molar-refractivity contribution in [1.29, 1.82) is 0 Å². The van der Waals surface area contributed by atoms with E-state index < -0.39 is 10.8 Å². The summed E-state index contributed by atoms with van der Waals surface area (Å²) in [6, 6.07) is 11.2. The molecule has 7 heteroatoms. The minimum Gasteiger partial charge on any atom is -0.491 e. The molecule has 1 atom stereocenters.